The third kappa shape index (κ3) is 3.33. The molecule has 0 aliphatic heterocycles. The van der Waals surface area contributed by atoms with Gasteiger partial charge in [-0.1, -0.05) is 36.8 Å². The number of hydrogen-bond acceptors (Lipinski definition) is 3. The van der Waals surface area contributed by atoms with Crippen LogP contribution >= 0.6 is 0 Å². The summed E-state index contributed by atoms with van der Waals surface area (Å²) in [5.41, 5.74) is 3.62. The predicted octanol–water partition coefficient (Wildman–Crippen LogP) is 4.44. The molecular weight excluding hydrogens is 364 g/mol. The molecule has 144 valence electrons. The number of anilines is 1. The molecule has 2 heterocycles. The van der Waals surface area contributed by atoms with Crippen LogP contribution in [0.4, 0.5) is 5.69 Å². The molecule has 4 aromatic rings. The van der Waals surface area contributed by atoms with Gasteiger partial charge in [0.1, 0.15) is 11.4 Å². The van der Waals surface area contributed by atoms with Gasteiger partial charge >= 0.3 is 0 Å². The topological polar surface area (TPSA) is 90.6 Å². The highest BCUT2D eigenvalue weighted by molar-refractivity contribution is 6.04. The number of aromatic nitrogens is 3. The Bertz CT molecular complexity index is 1250. The second-order valence-electron chi connectivity index (χ2n) is 7.42. The minimum absolute atomic E-state index is 0.0737. The van der Waals surface area contributed by atoms with E-state index >= 15 is 0 Å². The number of H-pyrrole nitrogens is 2. The Morgan fingerprint density at radius 2 is 1.83 bits per heavy atom. The van der Waals surface area contributed by atoms with Gasteiger partial charge in [0, 0.05) is 17.3 Å². The molecule has 3 N–H and O–H groups in total. The van der Waals surface area contributed by atoms with E-state index in [4.69, 9.17) is 0 Å². The number of rotatable bonds is 4. The number of aromatic amines is 2. The molecule has 0 unspecified atom stereocenters. The van der Waals surface area contributed by atoms with Crippen LogP contribution in [-0.2, 0) is 0 Å². The average Bonchev–Trinajstić information content (AvgIpc) is 3.09. The van der Waals surface area contributed by atoms with E-state index in [-0.39, 0.29) is 5.56 Å². The van der Waals surface area contributed by atoms with Gasteiger partial charge in [-0.2, -0.15) is 0 Å². The molecule has 6 nitrogen and oxygen atoms in total. The van der Waals surface area contributed by atoms with Gasteiger partial charge in [0.05, 0.1) is 11.0 Å². The summed E-state index contributed by atoms with van der Waals surface area (Å²) in [4.78, 5) is 35.9. The first kappa shape index (κ1) is 17.4. The molecule has 0 radical (unpaired) electrons. The monoisotopic (exact) mass is 384 g/mol. The number of carbonyl (C=O) groups is 1. The zero-order valence-corrected chi connectivity index (χ0v) is 15.7. The number of amides is 1. The largest absolute Gasteiger partial charge is 0.342 e. The average molecular weight is 384 g/mol. The van der Waals surface area contributed by atoms with Crippen LogP contribution in [0.25, 0.3) is 22.3 Å². The van der Waals surface area contributed by atoms with Gasteiger partial charge in [0.25, 0.3) is 11.5 Å². The Kier molecular flexibility index (Phi) is 4.24. The molecule has 29 heavy (non-hydrogen) atoms. The third-order valence-corrected chi connectivity index (χ3v) is 5.49. The van der Waals surface area contributed by atoms with Crippen molar-refractivity contribution in [2.24, 2.45) is 0 Å². The first-order valence-electron chi connectivity index (χ1n) is 9.77. The first-order valence-corrected chi connectivity index (χ1v) is 9.77. The quantitative estimate of drug-likeness (QED) is 0.486. The minimum Gasteiger partial charge on any atom is -0.342 e. The standard InChI is InChI=1S/C23H20N4O2/c28-22(17-10-12-18(27-23(17)29)14-5-2-1-3-6-14)24-16-9-11-19-20(13-16)26-21(25-19)15-7-4-8-15/h1-3,5-6,9-13,15H,4,7-8H2,(H,24,28)(H,25,26)(H,27,29). The first-order chi connectivity index (χ1) is 14.2. The summed E-state index contributed by atoms with van der Waals surface area (Å²) in [5.74, 6) is 1.09. The van der Waals surface area contributed by atoms with Gasteiger partial charge in [-0.3, -0.25) is 9.59 Å². The number of benzene rings is 2. The van der Waals surface area contributed by atoms with Gasteiger partial charge in [0.2, 0.25) is 0 Å². The van der Waals surface area contributed by atoms with E-state index in [1.54, 1.807) is 18.2 Å². The summed E-state index contributed by atoms with van der Waals surface area (Å²) >= 11 is 0. The van der Waals surface area contributed by atoms with Crippen LogP contribution in [0.1, 0.15) is 41.4 Å². The molecule has 2 aromatic carbocycles. The summed E-state index contributed by atoms with van der Waals surface area (Å²) in [5, 5.41) is 2.81. The van der Waals surface area contributed by atoms with E-state index in [1.807, 2.05) is 42.5 Å². The molecule has 0 atom stereocenters. The summed E-state index contributed by atoms with van der Waals surface area (Å²) in [6.45, 7) is 0. The zero-order chi connectivity index (χ0) is 19.8. The molecule has 6 heteroatoms. The second kappa shape index (κ2) is 7.05. The van der Waals surface area contributed by atoms with Crippen molar-refractivity contribution in [1.29, 1.82) is 0 Å². The lowest BCUT2D eigenvalue weighted by Gasteiger charge is -2.22. The molecule has 0 saturated heterocycles. The molecule has 0 spiro atoms. The van der Waals surface area contributed by atoms with Gasteiger partial charge in [-0.25, -0.2) is 4.98 Å². The Morgan fingerprint density at radius 1 is 1.00 bits per heavy atom. The molecular formula is C23H20N4O2. The molecule has 1 aliphatic rings. The van der Waals surface area contributed by atoms with Crippen LogP contribution in [-0.4, -0.2) is 20.9 Å². The number of imidazole rings is 1. The van der Waals surface area contributed by atoms with Crippen LogP contribution in [0.3, 0.4) is 0 Å². The van der Waals surface area contributed by atoms with Gasteiger partial charge < -0.3 is 15.3 Å². The normalized spacial score (nSPS) is 13.9. The number of hydrogen-bond donors (Lipinski definition) is 3. The lowest BCUT2D eigenvalue weighted by Crippen LogP contribution is -2.23. The summed E-state index contributed by atoms with van der Waals surface area (Å²) in [6.07, 6.45) is 3.59. The minimum atomic E-state index is -0.441. The summed E-state index contributed by atoms with van der Waals surface area (Å²) in [6, 6.07) is 18.4. The van der Waals surface area contributed by atoms with E-state index in [1.165, 1.54) is 19.3 Å². The van der Waals surface area contributed by atoms with Crippen molar-refractivity contribution < 1.29 is 4.79 Å². The molecule has 2 aromatic heterocycles. The maximum absolute atomic E-state index is 12.6. The fourth-order valence-corrected chi connectivity index (χ4v) is 3.62. The van der Waals surface area contributed by atoms with E-state index in [0.29, 0.717) is 17.3 Å². The number of nitrogens with zero attached hydrogens (tertiary/aromatic N) is 1. The Hall–Kier alpha value is -3.67. The lowest BCUT2D eigenvalue weighted by molar-refractivity contribution is 0.102. The fourth-order valence-electron chi connectivity index (χ4n) is 3.62. The van der Waals surface area contributed by atoms with E-state index in [2.05, 4.69) is 20.3 Å². The molecule has 1 fully saturated rings. The van der Waals surface area contributed by atoms with Crippen molar-refractivity contribution in [3.63, 3.8) is 0 Å². The van der Waals surface area contributed by atoms with Crippen molar-refractivity contribution in [2.45, 2.75) is 25.2 Å². The maximum atomic E-state index is 12.6. The summed E-state index contributed by atoms with van der Waals surface area (Å²) in [7, 11) is 0. The lowest BCUT2D eigenvalue weighted by atomic mass is 9.85. The highest BCUT2D eigenvalue weighted by Gasteiger charge is 2.22. The van der Waals surface area contributed by atoms with Crippen molar-refractivity contribution in [1.82, 2.24) is 15.0 Å². The smallest absolute Gasteiger partial charge is 0.261 e. The van der Waals surface area contributed by atoms with Crippen LogP contribution in [0.5, 0.6) is 0 Å². The number of pyridine rings is 1. The van der Waals surface area contributed by atoms with Crippen LogP contribution in [0, 0.1) is 0 Å². The Morgan fingerprint density at radius 3 is 2.55 bits per heavy atom. The second-order valence-corrected chi connectivity index (χ2v) is 7.42. The van der Waals surface area contributed by atoms with Crippen molar-refractivity contribution in [3.05, 3.63) is 82.4 Å². The molecule has 0 bridgehead atoms. The van der Waals surface area contributed by atoms with Crippen LogP contribution in [0.15, 0.2) is 65.5 Å². The zero-order valence-electron chi connectivity index (χ0n) is 15.7. The van der Waals surface area contributed by atoms with E-state index in [0.717, 1.165) is 22.4 Å². The number of carbonyl (C=O) groups excluding carboxylic acids is 1. The Balaban J connectivity index is 1.37. The van der Waals surface area contributed by atoms with Crippen LogP contribution < -0.4 is 10.9 Å². The molecule has 1 saturated carbocycles. The van der Waals surface area contributed by atoms with Gasteiger partial charge in [-0.05, 0) is 48.7 Å². The summed E-state index contributed by atoms with van der Waals surface area (Å²) < 4.78 is 0. The van der Waals surface area contributed by atoms with E-state index < -0.39 is 11.5 Å². The van der Waals surface area contributed by atoms with Crippen LogP contribution in [0.2, 0.25) is 0 Å². The Labute approximate surface area is 167 Å². The molecule has 1 amide bonds. The molecule has 5 rings (SSSR count). The van der Waals surface area contributed by atoms with Crippen molar-refractivity contribution in [2.75, 3.05) is 5.32 Å². The highest BCUT2D eigenvalue weighted by Crippen LogP contribution is 2.35. The van der Waals surface area contributed by atoms with Gasteiger partial charge in [0.15, 0.2) is 0 Å². The van der Waals surface area contributed by atoms with Gasteiger partial charge in [-0.15, -0.1) is 0 Å². The molecule has 1 aliphatic carbocycles. The van der Waals surface area contributed by atoms with Crippen molar-refractivity contribution >= 4 is 22.6 Å². The maximum Gasteiger partial charge on any atom is 0.261 e. The van der Waals surface area contributed by atoms with E-state index in [9.17, 15) is 9.59 Å². The predicted molar refractivity (Wildman–Crippen MR) is 113 cm³/mol. The van der Waals surface area contributed by atoms with Crippen molar-refractivity contribution in [3.8, 4) is 11.3 Å². The third-order valence-electron chi connectivity index (χ3n) is 5.49. The number of fused-ring (bicyclic) bond motifs is 1. The number of nitrogens with one attached hydrogen (secondary N) is 3. The highest BCUT2D eigenvalue weighted by atomic mass is 16.2. The fraction of sp³-hybridized carbons (Fsp3) is 0.174. The SMILES string of the molecule is O=C(Nc1ccc2nc(C3CCC3)[nH]c2c1)c1ccc(-c2ccccc2)[nH]c1=O.